The van der Waals surface area contributed by atoms with E-state index in [0.717, 1.165) is 5.56 Å². The van der Waals surface area contributed by atoms with Crippen LogP contribution in [0.3, 0.4) is 0 Å². The Bertz CT molecular complexity index is 1110. The molecule has 4 aromatic rings. The minimum Gasteiger partial charge on any atom is -0.365 e. The Morgan fingerprint density at radius 3 is 2.55 bits per heavy atom. The molecule has 2 aromatic heterocycles. The maximum Gasteiger partial charge on any atom is 0.251 e. The summed E-state index contributed by atoms with van der Waals surface area (Å²) in [7, 11) is 0. The SMILES string of the molecule is O=C(NCCc1nnc2ccc(NCc3ccccc3)nn12)c1ccc(F)cc1. The van der Waals surface area contributed by atoms with Gasteiger partial charge in [-0.3, -0.25) is 4.79 Å². The summed E-state index contributed by atoms with van der Waals surface area (Å²) in [6, 6.07) is 19.2. The monoisotopic (exact) mass is 390 g/mol. The van der Waals surface area contributed by atoms with Crippen LogP contribution in [0.25, 0.3) is 5.65 Å². The highest BCUT2D eigenvalue weighted by Gasteiger charge is 2.10. The fourth-order valence-corrected chi connectivity index (χ4v) is 2.86. The summed E-state index contributed by atoms with van der Waals surface area (Å²) in [5.41, 5.74) is 2.19. The van der Waals surface area contributed by atoms with Crippen molar-refractivity contribution in [2.45, 2.75) is 13.0 Å². The Morgan fingerprint density at radius 2 is 1.76 bits per heavy atom. The predicted molar refractivity (Wildman–Crippen MR) is 107 cm³/mol. The molecule has 0 spiro atoms. The first-order valence-corrected chi connectivity index (χ1v) is 9.22. The van der Waals surface area contributed by atoms with Gasteiger partial charge in [0.1, 0.15) is 11.6 Å². The van der Waals surface area contributed by atoms with Crippen LogP contribution in [0.2, 0.25) is 0 Å². The van der Waals surface area contributed by atoms with E-state index in [1.165, 1.54) is 24.3 Å². The van der Waals surface area contributed by atoms with Crippen molar-refractivity contribution in [3.05, 3.63) is 89.5 Å². The molecule has 0 fully saturated rings. The Kier molecular flexibility index (Phi) is 5.42. The first kappa shape index (κ1) is 18.5. The van der Waals surface area contributed by atoms with E-state index in [2.05, 4.69) is 25.9 Å². The van der Waals surface area contributed by atoms with Crippen LogP contribution < -0.4 is 10.6 Å². The van der Waals surface area contributed by atoms with E-state index >= 15 is 0 Å². The van der Waals surface area contributed by atoms with Gasteiger partial charge in [0.05, 0.1) is 0 Å². The van der Waals surface area contributed by atoms with Crippen LogP contribution in [0.1, 0.15) is 21.7 Å². The molecule has 0 saturated carbocycles. The molecular formula is C21H19FN6O. The first-order valence-electron chi connectivity index (χ1n) is 9.22. The fraction of sp³-hybridized carbons (Fsp3) is 0.143. The molecule has 0 atom stereocenters. The number of halogens is 1. The van der Waals surface area contributed by atoms with Crippen molar-refractivity contribution in [3.63, 3.8) is 0 Å². The Hall–Kier alpha value is -3.81. The normalized spacial score (nSPS) is 10.8. The molecular weight excluding hydrogens is 371 g/mol. The first-order chi connectivity index (χ1) is 14.2. The van der Waals surface area contributed by atoms with Crippen LogP contribution in [-0.2, 0) is 13.0 Å². The second kappa shape index (κ2) is 8.47. The predicted octanol–water partition coefficient (Wildman–Crippen LogP) is 2.85. The van der Waals surface area contributed by atoms with Gasteiger partial charge in [0.25, 0.3) is 5.91 Å². The van der Waals surface area contributed by atoms with Gasteiger partial charge < -0.3 is 10.6 Å². The van der Waals surface area contributed by atoms with Crippen molar-refractivity contribution in [2.24, 2.45) is 0 Å². The van der Waals surface area contributed by atoms with E-state index in [1.807, 2.05) is 42.5 Å². The van der Waals surface area contributed by atoms with Crippen LogP contribution in [0.15, 0.2) is 66.7 Å². The minimum atomic E-state index is -0.376. The minimum absolute atomic E-state index is 0.267. The number of hydrogen-bond acceptors (Lipinski definition) is 5. The van der Waals surface area contributed by atoms with Crippen molar-refractivity contribution in [1.29, 1.82) is 0 Å². The number of hydrogen-bond donors (Lipinski definition) is 2. The molecule has 2 heterocycles. The summed E-state index contributed by atoms with van der Waals surface area (Å²) in [6.07, 6.45) is 0.462. The van der Waals surface area contributed by atoms with Gasteiger partial charge in [0.2, 0.25) is 0 Å². The zero-order chi connectivity index (χ0) is 20.1. The number of aromatic nitrogens is 4. The molecule has 2 N–H and O–H groups in total. The molecule has 8 heteroatoms. The van der Waals surface area contributed by atoms with Gasteiger partial charge in [-0.25, -0.2) is 4.39 Å². The zero-order valence-electron chi connectivity index (χ0n) is 15.5. The third kappa shape index (κ3) is 4.55. The summed E-state index contributed by atoms with van der Waals surface area (Å²) in [5, 5.41) is 18.9. The van der Waals surface area contributed by atoms with Gasteiger partial charge in [-0.2, -0.15) is 4.52 Å². The average molecular weight is 390 g/mol. The highest BCUT2D eigenvalue weighted by atomic mass is 19.1. The topological polar surface area (TPSA) is 84.2 Å². The quantitative estimate of drug-likeness (QED) is 0.507. The van der Waals surface area contributed by atoms with Gasteiger partial charge in [-0.1, -0.05) is 30.3 Å². The van der Waals surface area contributed by atoms with Crippen LogP contribution in [-0.4, -0.2) is 32.3 Å². The number of rotatable bonds is 7. The molecule has 1 amide bonds. The molecule has 7 nitrogen and oxygen atoms in total. The summed E-state index contributed by atoms with van der Waals surface area (Å²) in [5.74, 6) is 0.705. The number of fused-ring (bicyclic) bond motifs is 1. The lowest BCUT2D eigenvalue weighted by atomic mass is 10.2. The molecule has 2 aromatic carbocycles. The lowest BCUT2D eigenvalue weighted by Crippen LogP contribution is -2.26. The highest BCUT2D eigenvalue weighted by molar-refractivity contribution is 5.94. The van der Waals surface area contributed by atoms with Crippen molar-refractivity contribution < 1.29 is 9.18 Å². The van der Waals surface area contributed by atoms with Gasteiger partial charge in [0, 0.05) is 25.1 Å². The maximum atomic E-state index is 13.0. The molecule has 0 radical (unpaired) electrons. The van der Waals surface area contributed by atoms with Crippen LogP contribution in [0.4, 0.5) is 10.2 Å². The molecule has 146 valence electrons. The highest BCUT2D eigenvalue weighted by Crippen LogP contribution is 2.10. The molecule has 0 aliphatic rings. The standard InChI is InChI=1S/C21H19FN6O/c22-17-8-6-16(7-9-17)21(29)23-13-12-20-26-25-19-11-10-18(27-28(19)20)24-14-15-4-2-1-3-5-15/h1-11H,12-14H2,(H,23,29)(H,24,27). The Labute approximate surface area is 166 Å². The average Bonchev–Trinajstić information content (AvgIpc) is 3.16. The number of carbonyl (C=O) groups is 1. The molecule has 0 unspecified atom stereocenters. The summed E-state index contributed by atoms with van der Waals surface area (Å²) < 4.78 is 14.6. The summed E-state index contributed by atoms with van der Waals surface area (Å²) in [6.45, 7) is 1.02. The molecule has 29 heavy (non-hydrogen) atoms. The van der Waals surface area contributed by atoms with Crippen molar-refractivity contribution in [1.82, 2.24) is 25.1 Å². The lowest BCUT2D eigenvalue weighted by Gasteiger charge is -2.07. The summed E-state index contributed by atoms with van der Waals surface area (Å²) in [4.78, 5) is 12.1. The zero-order valence-corrected chi connectivity index (χ0v) is 15.5. The number of amides is 1. The fourth-order valence-electron chi connectivity index (χ4n) is 2.86. The number of nitrogens with one attached hydrogen (secondary N) is 2. The van der Waals surface area contributed by atoms with Crippen LogP contribution in [0, 0.1) is 5.82 Å². The van der Waals surface area contributed by atoms with Crippen LogP contribution in [0.5, 0.6) is 0 Å². The number of carbonyl (C=O) groups excluding carboxylic acids is 1. The molecule has 4 rings (SSSR count). The van der Waals surface area contributed by atoms with E-state index in [1.54, 1.807) is 4.52 Å². The second-order valence-electron chi connectivity index (χ2n) is 6.46. The largest absolute Gasteiger partial charge is 0.365 e. The number of benzene rings is 2. The van der Waals surface area contributed by atoms with Gasteiger partial charge in [-0.05, 0) is 42.0 Å². The van der Waals surface area contributed by atoms with Crippen molar-refractivity contribution in [2.75, 3.05) is 11.9 Å². The molecule has 0 aliphatic carbocycles. The third-order valence-electron chi connectivity index (χ3n) is 4.38. The van der Waals surface area contributed by atoms with E-state index in [4.69, 9.17) is 0 Å². The van der Waals surface area contributed by atoms with E-state index < -0.39 is 0 Å². The van der Waals surface area contributed by atoms with E-state index in [9.17, 15) is 9.18 Å². The summed E-state index contributed by atoms with van der Waals surface area (Å²) >= 11 is 0. The smallest absolute Gasteiger partial charge is 0.251 e. The van der Waals surface area contributed by atoms with Crippen molar-refractivity contribution >= 4 is 17.4 Å². The van der Waals surface area contributed by atoms with E-state index in [0.29, 0.717) is 42.4 Å². The third-order valence-corrected chi connectivity index (χ3v) is 4.38. The Balaban J connectivity index is 1.38. The van der Waals surface area contributed by atoms with Crippen molar-refractivity contribution in [3.8, 4) is 0 Å². The molecule has 0 saturated heterocycles. The van der Waals surface area contributed by atoms with Crippen LogP contribution >= 0.6 is 0 Å². The van der Waals surface area contributed by atoms with Gasteiger partial charge in [-0.15, -0.1) is 15.3 Å². The molecule has 0 aliphatic heterocycles. The maximum absolute atomic E-state index is 13.0. The number of nitrogens with zero attached hydrogens (tertiary/aromatic N) is 4. The lowest BCUT2D eigenvalue weighted by molar-refractivity contribution is 0.0954. The molecule has 0 bridgehead atoms. The number of anilines is 1. The second-order valence-corrected chi connectivity index (χ2v) is 6.46. The van der Waals surface area contributed by atoms with Gasteiger partial charge >= 0.3 is 0 Å². The Morgan fingerprint density at radius 1 is 0.966 bits per heavy atom. The van der Waals surface area contributed by atoms with Gasteiger partial charge in [0.15, 0.2) is 11.5 Å². The van der Waals surface area contributed by atoms with E-state index in [-0.39, 0.29) is 11.7 Å².